The lowest BCUT2D eigenvalue weighted by Crippen LogP contribution is -2.43. The van der Waals surface area contributed by atoms with Gasteiger partial charge in [-0.3, -0.25) is 9.69 Å². The molecule has 31 heavy (non-hydrogen) atoms. The van der Waals surface area contributed by atoms with Gasteiger partial charge in [-0.15, -0.1) is 0 Å². The fourth-order valence-corrected chi connectivity index (χ4v) is 4.97. The summed E-state index contributed by atoms with van der Waals surface area (Å²) in [6, 6.07) is 13.9. The third-order valence-corrected chi connectivity index (χ3v) is 7.21. The Bertz CT molecular complexity index is 1080. The van der Waals surface area contributed by atoms with E-state index in [2.05, 4.69) is 43.0 Å². The molecule has 0 spiro atoms. The monoisotopic (exact) mass is 441 g/mol. The van der Waals surface area contributed by atoms with Crippen molar-refractivity contribution < 1.29 is 13.2 Å². The van der Waals surface area contributed by atoms with Crippen molar-refractivity contribution in [2.24, 2.45) is 5.14 Å². The van der Waals surface area contributed by atoms with Crippen LogP contribution in [-0.4, -0.2) is 37.9 Å². The van der Waals surface area contributed by atoms with Crippen molar-refractivity contribution >= 4 is 21.6 Å². The molecule has 0 aromatic heterocycles. The summed E-state index contributed by atoms with van der Waals surface area (Å²) >= 11 is 0. The van der Waals surface area contributed by atoms with Crippen molar-refractivity contribution in [2.75, 3.05) is 11.4 Å². The quantitative estimate of drug-likeness (QED) is 0.714. The molecule has 2 aromatic rings. The first-order valence-electron chi connectivity index (χ1n) is 10.9. The van der Waals surface area contributed by atoms with Gasteiger partial charge in [0.15, 0.2) is 0 Å². The SMILES string of the molecule is CC(C)c1ccc(CN(CC(=O)N2c3ccc(S(N)(=O)=O)cc3CC2C)C2CC2)cc1. The van der Waals surface area contributed by atoms with Crippen LogP contribution < -0.4 is 10.0 Å². The summed E-state index contributed by atoms with van der Waals surface area (Å²) in [5, 5.41) is 5.27. The van der Waals surface area contributed by atoms with Gasteiger partial charge in [-0.05, 0) is 67.0 Å². The van der Waals surface area contributed by atoms with E-state index in [0.29, 0.717) is 24.9 Å². The molecule has 2 aromatic carbocycles. The number of benzene rings is 2. The van der Waals surface area contributed by atoms with E-state index in [-0.39, 0.29) is 16.8 Å². The van der Waals surface area contributed by atoms with E-state index in [9.17, 15) is 13.2 Å². The zero-order valence-electron chi connectivity index (χ0n) is 18.4. The third-order valence-electron chi connectivity index (χ3n) is 6.30. The summed E-state index contributed by atoms with van der Waals surface area (Å²) in [6.07, 6.45) is 2.88. The Labute approximate surface area is 185 Å². The van der Waals surface area contributed by atoms with Gasteiger partial charge in [-0.25, -0.2) is 13.6 Å². The largest absolute Gasteiger partial charge is 0.308 e. The Hall–Kier alpha value is -2.22. The molecule has 7 heteroatoms. The maximum atomic E-state index is 13.3. The number of carbonyl (C=O) groups excluding carboxylic acids is 1. The second kappa shape index (κ2) is 8.37. The molecule has 0 radical (unpaired) electrons. The van der Waals surface area contributed by atoms with Crippen molar-refractivity contribution in [3.8, 4) is 0 Å². The van der Waals surface area contributed by atoms with Crippen LogP contribution in [0.5, 0.6) is 0 Å². The second-order valence-corrected chi connectivity index (χ2v) is 10.7. The predicted molar refractivity (Wildman–Crippen MR) is 122 cm³/mol. The lowest BCUT2D eigenvalue weighted by molar-refractivity contribution is -0.120. The molecule has 1 aliphatic carbocycles. The van der Waals surface area contributed by atoms with Crippen LogP contribution in [0.1, 0.15) is 56.2 Å². The number of primary sulfonamides is 1. The molecule has 1 saturated carbocycles. The van der Waals surface area contributed by atoms with E-state index in [1.54, 1.807) is 12.1 Å². The molecule has 2 aliphatic rings. The van der Waals surface area contributed by atoms with E-state index >= 15 is 0 Å². The Balaban J connectivity index is 1.50. The van der Waals surface area contributed by atoms with Crippen molar-refractivity contribution in [1.29, 1.82) is 0 Å². The molecule has 1 amide bonds. The number of nitrogens with zero attached hydrogens (tertiary/aromatic N) is 2. The van der Waals surface area contributed by atoms with Gasteiger partial charge in [-0.1, -0.05) is 38.1 Å². The Morgan fingerprint density at radius 3 is 2.42 bits per heavy atom. The molecular formula is C24H31N3O3S. The fraction of sp³-hybridized carbons (Fsp3) is 0.458. The van der Waals surface area contributed by atoms with Crippen molar-refractivity contribution in [3.05, 3.63) is 59.2 Å². The number of nitrogens with two attached hydrogens (primary N) is 1. The van der Waals surface area contributed by atoms with Gasteiger partial charge in [0.05, 0.1) is 11.4 Å². The highest BCUT2D eigenvalue weighted by atomic mass is 32.2. The summed E-state index contributed by atoms with van der Waals surface area (Å²) in [4.78, 5) is 17.5. The highest BCUT2D eigenvalue weighted by Gasteiger charge is 2.36. The standard InChI is InChI=1S/C24H31N3O3S/c1-16(2)19-6-4-18(5-7-19)14-26(21-8-9-21)15-24(28)27-17(3)12-20-13-22(31(25,29)30)10-11-23(20)27/h4-7,10-11,13,16-17,21H,8-9,12,14-15H2,1-3H3,(H2,25,29,30). The van der Waals surface area contributed by atoms with Gasteiger partial charge in [0.2, 0.25) is 15.9 Å². The average molecular weight is 442 g/mol. The minimum Gasteiger partial charge on any atom is -0.308 e. The summed E-state index contributed by atoms with van der Waals surface area (Å²) in [6.45, 7) is 7.49. The van der Waals surface area contributed by atoms with Crippen molar-refractivity contribution in [3.63, 3.8) is 0 Å². The maximum Gasteiger partial charge on any atom is 0.241 e. The molecule has 1 unspecified atom stereocenters. The average Bonchev–Trinajstić information content (AvgIpc) is 3.48. The van der Waals surface area contributed by atoms with E-state index in [0.717, 1.165) is 30.6 Å². The topological polar surface area (TPSA) is 83.7 Å². The first-order valence-corrected chi connectivity index (χ1v) is 12.5. The number of amides is 1. The van der Waals surface area contributed by atoms with Gasteiger partial charge >= 0.3 is 0 Å². The number of rotatable bonds is 7. The number of hydrogen-bond acceptors (Lipinski definition) is 4. The van der Waals surface area contributed by atoms with Crippen LogP contribution in [-0.2, 0) is 27.8 Å². The number of carbonyl (C=O) groups is 1. The summed E-state index contributed by atoms with van der Waals surface area (Å²) in [5.41, 5.74) is 4.19. The van der Waals surface area contributed by atoms with Gasteiger partial charge in [0, 0.05) is 24.3 Å². The molecule has 0 saturated heterocycles. The Kier molecular flexibility index (Phi) is 5.94. The molecule has 6 nitrogen and oxygen atoms in total. The maximum absolute atomic E-state index is 13.3. The van der Waals surface area contributed by atoms with Crippen LogP contribution >= 0.6 is 0 Å². The molecule has 1 aliphatic heterocycles. The second-order valence-electron chi connectivity index (χ2n) is 9.18. The predicted octanol–water partition coefficient (Wildman–Crippen LogP) is 3.40. The molecule has 166 valence electrons. The van der Waals surface area contributed by atoms with E-state index in [1.165, 1.54) is 17.2 Å². The number of fused-ring (bicyclic) bond motifs is 1. The molecule has 1 heterocycles. The van der Waals surface area contributed by atoms with E-state index < -0.39 is 10.0 Å². The Morgan fingerprint density at radius 1 is 1.16 bits per heavy atom. The van der Waals surface area contributed by atoms with Crippen LogP contribution in [0.25, 0.3) is 0 Å². The van der Waals surface area contributed by atoms with Crippen LogP contribution in [0, 0.1) is 0 Å². The lowest BCUT2D eigenvalue weighted by atomic mass is 10.0. The summed E-state index contributed by atoms with van der Waals surface area (Å²) < 4.78 is 23.4. The van der Waals surface area contributed by atoms with Gasteiger partial charge in [0.1, 0.15) is 0 Å². The minimum absolute atomic E-state index is 0.00962. The van der Waals surface area contributed by atoms with E-state index in [4.69, 9.17) is 5.14 Å². The normalized spacial score (nSPS) is 18.6. The van der Waals surface area contributed by atoms with Crippen LogP contribution in [0.3, 0.4) is 0 Å². The number of anilines is 1. The summed E-state index contributed by atoms with van der Waals surface area (Å²) in [5.74, 6) is 0.557. The molecule has 2 N–H and O–H groups in total. The fourth-order valence-electron chi connectivity index (χ4n) is 4.41. The lowest BCUT2D eigenvalue weighted by Gasteiger charge is -2.28. The van der Waals surface area contributed by atoms with E-state index in [1.807, 2.05) is 11.8 Å². The molecule has 4 rings (SSSR count). The zero-order chi connectivity index (χ0) is 22.3. The smallest absolute Gasteiger partial charge is 0.241 e. The zero-order valence-corrected chi connectivity index (χ0v) is 19.2. The van der Waals surface area contributed by atoms with Gasteiger partial charge in [0.25, 0.3) is 0 Å². The van der Waals surface area contributed by atoms with Gasteiger partial charge < -0.3 is 4.90 Å². The molecule has 0 bridgehead atoms. The number of hydrogen-bond donors (Lipinski definition) is 1. The Morgan fingerprint density at radius 2 is 1.84 bits per heavy atom. The highest BCUT2D eigenvalue weighted by Crippen LogP contribution is 2.35. The number of sulfonamides is 1. The molecule has 1 atom stereocenters. The van der Waals surface area contributed by atoms with Gasteiger partial charge in [-0.2, -0.15) is 0 Å². The van der Waals surface area contributed by atoms with Crippen LogP contribution in [0.2, 0.25) is 0 Å². The first kappa shape index (κ1) is 22.0. The third kappa shape index (κ3) is 4.84. The first-order chi connectivity index (χ1) is 14.6. The molecular weight excluding hydrogens is 410 g/mol. The van der Waals surface area contributed by atoms with Crippen LogP contribution in [0.4, 0.5) is 5.69 Å². The minimum atomic E-state index is -3.76. The van der Waals surface area contributed by atoms with Crippen molar-refractivity contribution in [2.45, 2.75) is 69.5 Å². The van der Waals surface area contributed by atoms with Crippen LogP contribution in [0.15, 0.2) is 47.4 Å². The highest BCUT2D eigenvalue weighted by molar-refractivity contribution is 7.89. The molecule has 1 fully saturated rings. The van der Waals surface area contributed by atoms with Crippen molar-refractivity contribution in [1.82, 2.24) is 4.90 Å². The summed E-state index contributed by atoms with van der Waals surface area (Å²) in [7, 11) is -3.76.